The quantitative estimate of drug-likeness (QED) is 0.445. The van der Waals surface area contributed by atoms with Gasteiger partial charge in [0, 0.05) is 26.2 Å². The van der Waals surface area contributed by atoms with Crippen LogP contribution in [0.15, 0.2) is 75.3 Å². The molecule has 1 fully saturated rings. The Bertz CT molecular complexity index is 1150. The van der Waals surface area contributed by atoms with Crippen molar-refractivity contribution >= 4 is 32.9 Å². The first-order valence-corrected chi connectivity index (χ1v) is 10.9. The van der Waals surface area contributed by atoms with Crippen molar-refractivity contribution in [3.63, 3.8) is 0 Å². The van der Waals surface area contributed by atoms with Crippen LogP contribution in [-0.4, -0.2) is 62.5 Å². The Morgan fingerprint density at radius 2 is 1.80 bits per heavy atom. The van der Waals surface area contributed by atoms with Crippen molar-refractivity contribution in [2.24, 2.45) is 5.16 Å². The van der Waals surface area contributed by atoms with Gasteiger partial charge in [0.15, 0.2) is 6.61 Å². The molecule has 30 heavy (non-hydrogen) atoms. The normalized spacial score (nSPS) is 15.7. The van der Waals surface area contributed by atoms with Gasteiger partial charge in [-0.1, -0.05) is 35.5 Å². The number of fused-ring (bicyclic) bond motifs is 1. The van der Waals surface area contributed by atoms with Crippen LogP contribution in [0.3, 0.4) is 0 Å². The van der Waals surface area contributed by atoms with Crippen LogP contribution in [0.5, 0.6) is 0 Å². The van der Waals surface area contributed by atoms with Gasteiger partial charge in [0.1, 0.15) is 12.0 Å². The molecule has 2 heterocycles. The van der Waals surface area contributed by atoms with Gasteiger partial charge >= 0.3 is 0 Å². The van der Waals surface area contributed by atoms with Crippen LogP contribution in [0, 0.1) is 0 Å². The van der Waals surface area contributed by atoms with E-state index in [-0.39, 0.29) is 30.5 Å². The maximum atomic E-state index is 13.0. The highest BCUT2D eigenvalue weighted by molar-refractivity contribution is 7.89. The summed E-state index contributed by atoms with van der Waals surface area (Å²) in [5.74, 6) is 0.282. The SMILES string of the molecule is O=C(CO/N=C\c1ccco1)N1CCN(S(=O)(=O)c2ccc3ccccc3c2)CC1. The summed E-state index contributed by atoms with van der Waals surface area (Å²) in [5, 5.41) is 5.56. The topological polar surface area (TPSA) is 92.4 Å². The largest absolute Gasteiger partial charge is 0.463 e. The van der Waals surface area contributed by atoms with Gasteiger partial charge in [-0.05, 0) is 35.0 Å². The lowest BCUT2D eigenvalue weighted by molar-refractivity contribution is -0.137. The molecule has 1 saturated heterocycles. The number of benzene rings is 2. The van der Waals surface area contributed by atoms with Gasteiger partial charge in [-0.15, -0.1) is 0 Å². The van der Waals surface area contributed by atoms with Crippen molar-refractivity contribution in [2.75, 3.05) is 32.8 Å². The Balaban J connectivity index is 1.33. The molecule has 0 saturated carbocycles. The number of carbonyl (C=O) groups is 1. The minimum Gasteiger partial charge on any atom is -0.463 e. The van der Waals surface area contributed by atoms with Crippen molar-refractivity contribution in [3.05, 3.63) is 66.6 Å². The number of sulfonamides is 1. The second kappa shape index (κ2) is 8.68. The molecule has 0 N–H and O–H groups in total. The molecule has 1 amide bonds. The van der Waals surface area contributed by atoms with Gasteiger partial charge in [-0.25, -0.2) is 8.42 Å². The second-order valence-electron chi connectivity index (χ2n) is 6.82. The first kappa shape index (κ1) is 20.1. The molecule has 0 atom stereocenters. The fraction of sp³-hybridized carbons (Fsp3) is 0.238. The highest BCUT2D eigenvalue weighted by atomic mass is 32.2. The van der Waals surface area contributed by atoms with Crippen LogP contribution < -0.4 is 0 Å². The number of hydrogen-bond donors (Lipinski definition) is 0. The monoisotopic (exact) mass is 427 g/mol. The van der Waals surface area contributed by atoms with Crippen LogP contribution >= 0.6 is 0 Å². The van der Waals surface area contributed by atoms with Gasteiger partial charge in [0.05, 0.1) is 11.2 Å². The Morgan fingerprint density at radius 3 is 2.53 bits per heavy atom. The molecule has 0 spiro atoms. The number of nitrogens with zero attached hydrogens (tertiary/aromatic N) is 3. The lowest BCUT2D eigenvalue weighted by atomic mass is 10.1. The van der Waals surface area contributed by atoms with E-state index in [9.17, 15) is 13.2 Å². The highest BCUT2D eigenvalue weighted by Gasteiger charge is 2.30. The second-order valence-corrected chi connectivity index (χ2v) is 8.76. The average molecular weight is 427 g/mol. The van der Waals surface area contributed by atoms with E-state index in [2.05, 4.69) is 5.16 Å². The molecule has 2 aromatic carbocycles. The van der Waals surface area contributed by atoms with Crippen LogP contribution in [0.4, 0.5) is 0 Å². The van der Waals surface area contributed by atoms with Gasteiger partial charge in [0.25, 0.3) is 5.91 Å². The first-order valence-electron chi connectivity index (χ1n) is 9.49. The minimum atomic E-state index is -3.62. The zero-order valence-electron chi connectivity index (χ0n) is 16.2. The number of hydrogen-bond acceptors (Lipinski definition) is 6. The zero-order chi connectivity index (χ0) is 21.0. The summed E-state index contributed by atoms with van der Waals surface area (Å²) in [6, 6.07) is 16.2. The first-order chi connectivity index (χ1) is 14.5. The summed E-state index contributed by atoms with van der Waals surface area (Å²) in [4.78, 5) is 19.1. The fourth-order valence-corrected chi connectivity index (χ4v) is 4.75. The van der Waals surface area contributed by atoms with E-state index in [1.807, 2.05) is 30.3 Å². The smallest absolute Gasteiger partial charge is 0.263 e. The Labute approximate surface area is 174 Å². The van der Waals surface area contributed by atoms with Crippen molar-refractivity contribution in [1.29, 1.82) is 0 Å². The number of piperazine rings is 1. The predicted molar refractivity (Wildman–Crippen MR) is 112 cm³/mol. The predicted octanol–water partition coefficient (Wildman–Crippen LogP) is 2.32. The molecular formula is C21H21N3O5S. The summed E-state index contributed by atoms with van der Waals surface area (Å²) in [7, 11) is -3.62. The lowest BCUT2D eigenvalue weighted by Gasteiger charge is -2.33. The Hall–Kier alpha value is -3.17. The Kier molecular flexibility index (Phi) is 5.82. The minimum absolute atomic E-state index is 0.214. The summed E-state index contributed by atoms with van der Waals surface area (Å²) < 4.78 is 32.5. The molecule has 3 aromatic rings. The van der Waals surface area contributed by atoms with E-state index >= 15 is 0 Å². The summed E-state index contributed by atoms with van der Waals surface area (Å²) >= 11 is 0. The van der Waals surface area contributed by atoms with Gasteiger partial charge in [0.2, 0.25) is 10.0 Å². The molecule has 4 rings (SSSR count). The van der Waals surface area contributed by atoms with Gasteiger partial charge in [-0.3, -0.25) is 4.79 Å². The third-order valence-corrected chi connectivity index (χ3v) is 6.83. The average Bonchev–Trinajstić information content (AvgIpc) is 3.30. The van der Waals surface area contributed by atoms with Crippen LogP contribution in [0.25, 0.3) is 10.8 Å². The van der Waals surface area contributed by atoms with E-state index in [0.717, 1.165) is 10.8 Å². The summed E-state index contributed by atoms with van der Waals surface area (Å²) in [6.45, 7) is 0.857. The number of oxime groups is 1. The van der Waals surface area contributed by atoms with Gasteiger partial charge in [-0.2, -0.15) is 4.31 Å². The van der Waals surface area contributed by atoms with Gasteiger partial charge < -0.3 is 14.2 Å². The van der Waals surface area contributed by atoms with E-state index < -0.39 is 10.0 Å². The molecule has 0 unspecified atom stereocenters. The molecule has 8 nitrogen and oxygen atoms in total. The standard InChI is InChI=1S/C21H21N3O5S/c25-21(16-29-22-15-19-6-3-13-28-19)23-9-11-24(12-10-23)30(26,27)20-8-7-17-4-1-2-5-18(17)14-20/h1-8,13-15H,9-12,16H2/b22-15-. The van der Waals surface area contributed by atoms with E-state index in [4.69, 9.17) is 9.25 Å². The molecule has 156 valence electrons. The van der Waals surface area contributed by atoms with E-state index in [0.29, 0.717) is 18.8 Å². The molecule has 0 aliphatic carbocycles. The third-order valence-electron chi connectivity index (χ3n) is 4.94. The zero-order valence-corrected chi connectivity index (χ0v) is 17.0. The molecule has 0 bridgehead atoms. The van der Waals surface area contributed by atoms with Crippen molar-refractivity contribution in [3.8, 4) is 0 Å². The maximum absolute atomic E-state index is 13.0. The highest BCUT2D eigenvalue weighted by Crippen LogP contribution is 2.22. The van der Waals surface area contributed by atoms with Crippen molar-refractivity contribution in [1.82, 2.24) is 9.21 Å². The summed E-state index contributed by atoms with van der Waals surface area (Å²) in [5.41, 5.74) is 0. The van der Waals surface area contributed by atoms with Crippen molar-refractivity contribution in [2.45, 2.75) is 4.90 Å². The van der Waals surface area contributed by atoms with Crippen LogP contribution in [0.2, 0.25) is 0 Å². The van der Waals surface area contributed by atoms with E-state index in [1.165, 1.54) is 16.8 Å². The van der Waals surface area contributed by atoms with Crippen LogP contribution in [0.1, 0.15) is 5.76 Å². The number of carbonyl (C=O) groups excluding carboxylic acids is 1. The maximum Gasteiger partial charge on any atom is 0.263 e. The molecule has 9 heteroatoms. The molecule has 1 aromatic heterocycles. The van der Waals surface area contributed by atoms with Crippen LogP contribution in [-0.2, 0) is 19.7 Å². The summed E-state index contributed by atoms with van der Waals surface area (Å²) in [6.07, 6.45) is 2.89. The molecule has 1 aliphatic rings. The number of rotatable bonds is 6. The molecule has 1 aliphatic heterocycles. The lowest BCUT2D eigenvalue weighted by Crippen LogP contribution is -2.51. The Morgan fingerprint density at radius 1 is 1.03 bits per heavy atom. The fourth-order valence-electron chi connectivity index (χ4n) is 3.29. The third kappa shape index (κ3) is 4.37. The van der Waals surface area contributed by atoms with E-state index in [1.54, 1.807) is 29.2 Å². The molecular weight excluding hydrogens is 406 g/mol. The van der Waals surface area contributed by atoms with Crippen molar-refractivity contribution < 1.29 is 22.5 Å². The molecule has 0 radical (unpaired) electrons. The number of furan rings is 1. The number of amides is 1.